The van der Waals surface area contributed by atoms with E-state index in [1.165, 1.54) is 18.2 Å². The highest BCUT2D eigenvalue weighted by atomic mass is 32.2. The molecule has 0 atom stereocenters. The molecule has 31 heavy (non-hydrogen) atoms. The summed E-state index contributed by atoms with van der Waals surface area (Å²) in [5.74, 6) is -2.39. The average Bonchev–Trinajstić information content (AvgIpc) is 2.76. The van der Waals surface area contributed by atoms with Crippen LogP contribution in [-0.2, 0) is 11.2 Å². The molecule has 8 heteroatoms. The van der Waals surface area contributed by atoms with Crippen LogP contribution in [0.3, 0.4) is 0 Å². The third-order valence-corrected chi connectivity index (χ3v) is 5.44. The molecule has 0 aliphatic heterocycles. The molecular formula is C23H16F3N3OS. The second-order valence-corrected chi connectivity index (χ2v) is 7.69. The van der Waals surface area contributed by atoms with Crippen molar-refractivity contribution in [2.45, 2.75) is 11.4 Å². The molecule has 1 N–H and O–H groups in total. The van der Waals surface area contributed by atoms with Gasteiger partial charge in [-0.3, -0.25) is 4.79 Å². The number of aromatic nitrogens is 2. The maximum absolute atomic E-state index is 13.8. The van der Waals surface area contributed by atoms with Gasteiger partial charge in [0.1, 0.15) is 22.5 Å². The Bertz CT molecular complexity index is 1250. The van der Waals surface area contributed by atoms with Crippen molar-refractivity contribution in [2.75, 3.05) is 11.1 Å². The van der Waals surface area contributed by atoms with Gasteiger partial charge in [0, 0.05) is 12.5 Å². The number of anilines is 1. The highest BCUT2D eigenvalue weighted by Gasteiger charge is 2.14. The Kier molecular flexibility index (Phi) is 6.18. The lowest BCUT2D eigenvalue weighted by Crippen LogP contribution is -2.15. The molecule has 0 unspecified atom stereocenters. The van der Waals surface area contributed by atoms with Gasteiger partial charge in [-0.15, -0.1) is 0 Å². The standard InChI is InChI=1S/C23H16F3N3OS/c24-15-7-5-14(6-8-15)11-21-23(29-20-4-2-1-3-19(20)27-21)31-13-22(30)28-18-10-9-16(25)12-17(18)26/h1-10,12H,11,13H2,(H,28,30). The molecule has 0 radical (unpaired) electrons. The number of carbonyl (C=O) groups excluding carboxylic acids is 1. The topological polar surface area (TPSA) is 54.9 Å². The maximum Gasteiger partial charge on any atom is 0.234 e. The fourth-order valence-electron chi connectivity index (χ4n) is 2.96. The van der Waals surface area contributed by atoms with Crippen LogP contribution in [0.5, 0.6) is 0 Å². The number of hydrogen-bond donors (Lipinski definition) is 1. The van der Waals surface area contributed by atoms with Crippen molar-refractivity contribution in [2.24, 2.45) is 0 Å². The van der Waals surface area contributed by atoms with E-state index in [1.54, 1.807) is 12.1 Å². The number of thioether (sulfide) groups is 1. The van der Waals surface area contributed by atoms with E-state index in [1.807, 2.05) is 24.3 Å². The molecule has 0 bridgehead atoms. The van der Waals surface area contributed by atoms with Gasteiger partial charge < -0.3 is 5.32 Å². The number of benzene rings is 3. The number of carbonyl (C=O) groups is 1. The minimum Gasteiger partial charge on any atom is -0.323 e. The molecule has 1 amide bonds. The van der Waals surface area contributed by atoms with Crippen LogP contribution in [0.15, 0.2) is 71.8 Å². The van der Waals surface area contributed by atoms with E-state index in [-0.39, 0.29) is 17.3 Å². The van der Waals surface area contributed by atoms with Crippen molar-refractivity contribution in [3.8, 4) is 0 Å². The van der Waals surface area contributed by atoms with Crippen LogP contribution in [0.25, 0.3) is 11.0 Å². The van der Waals surface area contributed by atoms with Crippen molar-refractivity contribution in [3.05, 3.63) is 95.4 Å². The number of hydrogen-bond acceptors (Lipinski definition) is 4. The summed E-state index contributed by atoms with van der Waals surface area (Å²) < 4.78 is 40.0. The minimum absolute atomic E-state index is 0.0414. The Morgan fingerprint density at radius 1 is 0.871 bits per heavy atom. The first-order valence-corrected chi connectivity index (χ1v) is 10.3. The zero-order valence-electron chi connectivity index (χ0n) is 16.1. The Hall–Kier alpha value is -3.39. The van der Waals surface area contributed by atoms with Crippen molar-refractivity contribution in [1.29, 1.82) is 0 Å². The quantitative estimate of drug-likeness (QED) is 0.411. The number of rotatable bonds is 6. The number of amides is 1. The van der Waals surface area contributed by atoms with E-state index in [9.17, 15) is 18.0 Å². The molecule has 0 aliphatic rings. The first-order chi connectivity index (χ1) is 15.0. The van der Waals surface area contributed by atoms with Crippen LogP contribution in [0.1, 0.15) is 11.3 Å². The number of halogens is 3. The van der Waals surface area contributed by atoms with Crippen molar-refractivity contribution in [1.82, 2.24) is 9.97 Å². The number of nitrogens with one attached hydrogen (secondary N) is 1. The first kappa shape index (κ1) is 20.9. The second-order valence-electron chi connectivity index (χ2n) is 6.73. The fraction of sp³-hybridized carbons (Fsp3) is 0.0870. The summed E-state index contributed by atoms with van der Waals surface area (Å²) in [6.07, 6.45) is 0.411. The van der Waals surface area contributed by atoms with Gasteiger partial charge in [-0.25, -0.2) is 23.1 Å². The summed E-state index contributed by atoms with van der Waals surface area (Å²) in [4.78, 5) is 21.6. The molecule has 0 saturated heterocycles. The van der Waals surface area contributed by atoms with Crippen molar-refractivity contribution < 1.29 is 18.0 Å². The average molecular weight is 439 g/mol. The molecule has 4 nitrogen and oxygen atoms in total. The van der Waals surface area contributed by atoms with Gasteiger partial charge in [-0.2, -0.15) is 0 Å². The largest absolute Gasteiger partial charge is 0.323 e. The fourth-order valence-corrected chi connectivity index (χ4v) is 3.75. The molecule has 4 rings (SSSR count). The van der Waals surface area contributed by atoms with Gasteiger partial charge in [0.15, 0.2) is 0 Å². The van der Waals surface area contributed by atoms with E-state index in [0.717, 1.165) is 23.4 Å². The maximum atomic E-state index is 13.8. The van der Waals surface area contributed by atoms with E-state index >= 15 is 0 Å². The van der Waals surface area contributed by atoms with Crippen molar-refractivity contribution in [3.63, 3.8) is 0 Å². The number of para-hydroxylation sites is 2. The van der Waals surface area contributed by atoms with Crippen LogP contribution in [0.2, 0.25) is 0 Å². The predicted octanol–water partition coefficient (Wildman–Crippen LogP) is 5.37. The summed E-state index contributed by atoms with van der Waals surface area (Å²) in [5, 5.41) is 2.98. The monoisotopic (exact) mass is 439 g/mol. The molecule has 1 aromatic heterocycles. The van der Waals surface area contributed by atoms with Gasteiger partial charge >= 0.3 is 0 Å². The van der Waals surface area contributed by atoms with E-state index in [0.29, 0.717) is 34.2 Å². The molecule has 156 valence electrons. The summed E-state index contributed by atoms with van der Waals surface area (Å²) in [6, 6.07) is 16.4. The Morgan fingerprint density at radius 2 is 1.55 bits per heavy atom. The summed E-state index contributed by atoms with van der Waals surface area (Å²) in [6.45, 7) is 0. The second kappa shape index (κ2) is 9.18. The summed E-state index contributed by atoms with van der Waals surface area (Å²) >= 11 is 1.16. The normalized spacial score (nSPS) is 10.9. The molecule has 4 aromatic rings. The minimum atomic E-state index is -0.846. The molecule has 0 saturated carbocycles. The lowest BCUT2D eigenvalue weighted by Gasteiger charge is -2.10. The molecular weight excluding hydrogens is 423 g/mol. The summed E-state index contributed by atoms with van der Waals surface area (Å²) in [7, 11) is 0. The molecule has 0 fully saturated rings. The van der Waals surface area contributed by atoms with E-state index in [2.05, 4.69) is 15.3 Å². The van der Waals surface area contributed by atoms with Crippen LogP contribution in [-0.4, -0.2) is 21.6 Å². The van der Waals surface area contributed by atoms with Gasteiger partial charge in [-0.05, 0) is 42.0 Å². The molecule has 0 aliphatic carbocycles. The lowest BCUT2D eigenvalue weighted by molar-refractivity contribution is -0.113. The molecule has 1 heterocycles. The van der Waals surface area contributed by atoms with Gasteiger partial charge in [-0.1, -0.05) is 36.0 Å². The van der Waals surface area contributed by atoms with Crippen LogP contribution in [0.4, 0.5) is 18.9 Å². The van der Waals surface area contributed by atoms with Crippen molar-refractivity contribution >= 4 is 34.4 Å². The first-order valence-electron chi connectivity index (χ1n) is 9.36. The number of nitrogens with zero attached hydrogens (tertiary/aromatic N) is 2. The number of fused-ring (bicyclic) bond motifs is 1. The van der Waals surface area contributed by atoms with Gasteiger partial charge in [0.25, 0.3) is 0 Å². The van der Waals surface area contributed by atoms with E-state index < -0.39 is 17.5 Å². The highest BCUT2D eigenvalue weighted by Crippen LogP contribution is 2.25. The Balaban J connectivity index is 1.55. The molecule has 0 spiro atoms. The zero-order chi connectivity index (χ0) is 21.8. The van der Waals surface area contributed by atoms with Gasteiger partial charge in [0.05, 0.1) is 28.2 Å². The summed E-state index contributed by atoms with van der Waals surface area (Å²) in [5.41, 5.74) is 2.80. The van der Waals surface area contributed by atoms with E-state index in [4.69, 9.17) is 0 Å². The van der Waals surface area contributed by atoms with Crippen LogP contribution in [0, 0.1) is 17.5 Å². The lowest BCUT2D eigenvalue weighted by atomic mass is 10.1. The SMILES string of the molecule is O=C(CSc1nc2ccccc2nc1Cc1ccc(F)cc1)Nc1ccc(F)cc1F. The smallest absolute Gasteiger partial charge is 0.234 e. The highest BCUT2D eigenvalue weighted by molar-refractivity contribution is 8.00. The molecule has 3 aromatic carbocycles. The zero-order valence-corrected chi connectivity index (χ0v) is 16.9. The third-order valence-electron chi connectivity index (χ3n) is 4.44. The van der Waals surface area contributed by atoms with Crippen LogP contribution >= 0.6 is 11.8 Å². The predicted molar refractivity (Wildman–Crippen MR) is 114 cm³/mol. The Labute approximate surface area is 180 Å². The third kappa shape index (κ3) is 5.21. The van der Waals surface area contributed by atoms with Crippen LogP contribution < -0.4 is 5.32 Å². The van der Waals surface area contributed by atoms with Gasteiger partial charge in [0.2, 0.25) is 5.91 Å². The Morgan fingerprint density at radius 3 is 2.26 bits per heavy atom.